The molecule has 0 spiro atoms. The Hall–Kier alpha value is -1.61. The fraction of sp³-hybridized carbons (Fsp3) is 0.550. The van der Waals surface area contributed by atoms with E-state index in [-0.39, 0.29) is 12.1 Å². The smallest absolute Gasteiger partial charge is 0.334 e. The van der Waals surface area contributed by atoms with Crippen molar-refractivity contribution < 1.29 is 14.6 Å². The van der Waals surface area contributed by atoms with Gasteiger partial charge in [0.2, 0.25) is 0 Å². The van der Waals surface area contributed by atoms with Gasteiger partial charge in [-0.25, -0.2) is 4.79 Å². The first-order chi connectivity index (χ1) is 10.9. The number of aliphatic hydroxyl groups is 1. The van der Waals surface area contributed by atoms with Crippen LogP contribution in [0.2, 0.25) is 0 Å². The molecule has 1 aliphatic heterocycles. The van der Waals surface area contributed by atoms with Crippen LogP contribution in [0.5, 0.6) is 0 Å². The van der Waals surface area contributed by atoms with Gasteiger partial charge in [0.05, 0.1) is 6.10 Å². The van der Waals surface area contributed by atoms with Crippen molar-refractivity contribution in [1.82, 2.24) is 0 Å². The molecule has 2 aliphatic rings. The van der Waals surface area contributed by atoms with Crippen LogP contribution in [0.4, 0.5) is 0 Å². The van der Waals surface area contributed by atoms with Gasteiger partial charge in [-0.3, -0.25) is 0 Å². The van der Waals surface area contributed by atoms with Crippen LogP contribution >= 0.6 is 0 Å². The van der Waals surface area contributed by atoms with E-state index in [9.17, 15) is 9.90 Å². The van der Waals surface area contributed by atoms with Gasteiger partial charge in [-0.15, -0.1) is 0 Å². The third kappa shape index (κ3) is 4.68. The lowest BCUT2D eigenvalue weighted by atomic mass is 9.94. The number of fused-ring (bicyclic) bond motifs is 1. The number of carbonyl (C=O) groups is 1. The van der Waals surface area contributed by atoms with E-state index in [0.29, 0.717) is 6.42 Å². The van der Waals surface area contributed by atoms with Crippen LogP contribution in [0.25, 0.3) is 0 Å². The molecule has 1 heterocycles. The Morgan fingerprint density at radius 1 is 1.13 bits per heavy atom. The molecule has 3 heteroatoms. The second kappa shape index (κ2) is 7.78. The summed E-state index contributed by atoms with van der Waals surface area (Å²) in [6.45, 7) is 10.0. The number of allylic oxidation sites excluding steroid dienone is 3. The topological polar surface area (TPSA) is 46.5 Å². The first kappa shape index (κ1) is 17.7. The minimum atomic E-state index is -0.460. The van der Waals surface area contributed by atoms with Crippen molar-refractivity contribution in [3.63, 3.8) is 0 Å². The van der Waals surface area contributed by atoms with Gasteiger partial charge in [0, 0.05) is 5.57 Å². The fourth-order valence-electron chi connectivity index (χ4n) is 3.10. The van der Waals surface area contributed by atoms with E-state index in [1.165, 1.54) is 5.57 Å². The number of carbonyl (C=O) groups excluding carboxylic acids is 1. The highest BCUT2D eigenvalue weighted by molar-refractivity contribution is 5.92. The van der Waals surface area contributed by atoms with Gasteiger partial charge >= 0.3 is 5.97 Å². The monoisotopic (exact) mass is 316 g/mol. The molecule has 126 valence electrons. The van der Waals surface area contributed by atoms with E-state index in [0.717, 1.165) is 54.4 Å². The zero-order chi connectivity index (χ0) is 17.0. The van der Waals surface area contributed by atoms with Gasteiger partial charge in [0.25, 0.3) is 0 Å². The third-order valence-electron chi connectivity index (χ3n) is 4.83. The summed E-state index contributed by atoms with van der Waals surface area (Å²) in [4.78, 5) is 11.9. The number of aliphatic hydroxyl groups excluding tert-OH is 1. The van der Waals surface area contributed by atoms with Crippen molar-refractivity contribution in [2.75, 3.05) is 0 Å². The summed E-state index contributed by atoms with van der Waals surface area (Å²) < 4.78 is 5.50. The molecule has 3 nitrogen and oxygen atoms in total. The van der Waals surface area contributed by atoms with Crippen molar-refractivity contribution in [2.45, 2.75) is 71.5 Å². The molecule has 0 aromatic carbocycles. The van der Waals surface area contributed by atoms with Crippen LogP contribution in [-0.2, 0) is 9.53 Å². The van der Waals surface area contributed by atoms with E-state index >= 15 is 0 Å². The van der Waals surface area contributed by atoms with Crippen molar-refractivity contribution in [2.24, 2.45) is 0 Å². The Morgan fingerprint density at radius 2 is 1.87 bits per heavy atom. The highest BCUT2D eigenvalue weighted by Crippen LogP contribution is 2.30. The molecular weight excluding hydrogens is 288 g/mol. The molecule has 23 heavy (non-hydrogen) atoms. The van der Waals surface area contributed by atoms with E-state index < -0.39 is 6.10 Å². The lowest BCUT2D eigenvalue weighted by Gasteiger charge is -2.16. The van der Waals surface area contributed by atoms with Gasteiger partial charge in [-0.1, -0.05) is 23.8 Å². The summed E-state index contributed by atoms with van der Waals surface area (Å²) in [6.07, 6.45) is 8.53. The van der Waals surface area contributed by atoms with Gasteiger partial charge < -0.3 is 9.84 Å². The molecule has 0 aromatic rings. The van der Waals surface area contributed by atoms with Crippen molar-refractivity contribution in [1.29, 1.82) is 0 Å². The Morgan fingerprint density at radius 3 is 2.61 bits per heavy atom. The largest absolute Gasteiger partial charge is 0.450 e. The summed E-state index contributed by atoms with van der Waals surface area (Å²) in [7, 11) is 0. The summed E-state index contributed by atoms with van der Waals surface area (Å²) >= 11 is 0. The minimum absolute atomic E-state index is 0.201. The first-order valence-electron chi connectivity index (χ1n) is 8.47. The third-order valence-corrected chi connectivity index (χ3v) is 4.83. The number of hydrogen-bond acceptors (Lipinski definition) is 3. The molecule has 2 rings (SSSR count). The Balaban J connectivity index is 2.23. The molecule has 1 N–H and O–H groups in total. The number of ether oxygens (including phenoxy) is 1. The van der Waals surface area contributed by atoms with E-state index in [2.05, 4.69) is 19.6 Å². The highest BCUT2D eigenvalue weighted by atomic mass is 16.5. The number of rotatable bonds is 0. The second-order valence-corrected chi connectivity index (χ2v) is 6.79. The van der Waals surface area contributed by atoms with Crippen LogP contribution in [0, 0.1) is 0 Å². The quantitative estimate of drug-likeness (QED) is 0.532. The number of esters is 1. The molecule has 1 aliphatic carbocycles. The van der Waals surface area contributed by atoms with Crippen LogP contribution < -0.4 is 0 Å². The molecule has 0 unspecified atom stereocenters. The maximum absolute atomic E-state index is 11.9. The SMILES string of the molecule is C=C1CC/C=C(\C)CCC2=C(C)C(=O)O[C@H]2/C=C(\C)CC[C@H]1O. The fourth-order valence-corrected chi connectivity index (χ4v) is 3.10. The molecule has 0 bridgehead atoms. The molecule has 2 atom stereocenters. The maximum Gasteiger partial charge on any atom is 0.334 e. The lowest BCUT2D eigenvalue weighted by molar-refractivity contribution is -0.138. The second-order valence-electron chi connectivity index (χ2n) is 6.79. The first-order valence-corrected chi connectivity index (χ1v) is 8.47. The van der Waals surface area contributed by atoms with E-state index in [4.69, 9.17) is 4.74 Å². The highest BCUT2D eigenvalue weighted by Gasteiger charge is 2.29. The Kier molecular flexibility index (Phi) is 6.00. The average Bonchev–Trinajstić information content (AvgIpc) is 2.76. The van der Waals surface area contributed by atoms with Crippen LogP contribution in [0.3, 0.4) is 0 Å². The van der Waals surface area contributed by atoms with E-state index in [1.54, 1.807) is 0 Å². The Bertz CT molecular complexity index is 578. The van der Waals surface area contributed by atoms with Crippen molar-refractivity contribution >= 4 is 5.97 Å². The zero-order valence-electron chi connectivity index (χ0n) is 14.5. The average molecular weight is 316 g/mol. The standard InChI is InChI=1S/C20H28O3/c1-13-6-5-7-15(3)18(21)11-9-14(2)12-19-17(10-8-13)16(4)20(22)23-19/h6,12,18-19,21H,3,5,7-11H2,1-2,4H3/b13-6+,14-12+/t18-,19+/m1/s1. The van der Waals surface area contributed by atoms with Crippen molar-refractivity contribution in [3.05, 3.63) is 46.6 Å². The molecule has 0 amide bonds. The van der Waals surface area contributed by atoms with Gasteiger partial charge in [0.15, 0.2) is 0 Å². The zero-order valence-corrected chi connectivity index (χ0v) is 14.5. The predicted molar refractivity (Wildman–Crippen MR) is 92.9 cm³/mol. The molecule has 0 saturated heterocycles. The van der Waals surface area contributed by atoms with Crippen LogP contribution in [0.1, 0.15) is 59.3 Å². The van der Waals surface area contributed by atoms with Crippen molar-refractivity contribution in [3.8, 4) is 0 Å². The molecule has 0 radical (unpaired) electrons. The molecule has 0 aromatic heterocycles. The lowest BCUT2D eigenvalue weighted by Crippen LogP contribution is -2.12. The molecule has 0 saturated carbocycles. The summed E-state index contributed by atoms with van der Waals surface area (Å²) in [5.41, 5.74) is 5.22. The summed E-state index contributed by atoms with van der Waals surface area (Å²) in [5.74, 6) is -0.201. The molecule has 0 fully saturated rings. The molecular formula is C20H28O3. The number of hydrogen-bond donors (Lipinski definition) is 1. The summed E-state index contributed by atoms with van der Waals surface area (Å²) in [5, 5.41) is 10.2. The Labute approximate surface area is 139 Å². The van der Waals surface area contributed by atoms with Gasteiger partial charge in [0.1, 0.15) is 6.10 Å². The normalized spacial score (nSPS) is 32.3. The van der Waals surface area contributed by atoms with E-state index in [1.807, 2.05) is 19.9 Å². The maximum atomic E-state index is 11.9. The predicted octanol–water partition coefficient (Wildman–Crippen LogP) is 4.39. The van der Waals surface area contributed by atoms with Gasteiger partial charge in [-0.05, 0) is 76.5 Å². The summed E-state index contributed by atoms with van der Waals surface area (Å²) in [6, 6.07) is 0. The van der Waals surface area contributed by atoms with Gasteiger partial charge in [-0.2, -0.15) is 0 Å². The van der Waals surface area contributed by atoms with Crippen LogP contribution in [-0.4, -0.2) is 23.3 Å². The minimum Gasteiger partial charge on any atom is -0.450 e. The van der Waals surface area contributed by atoms with Crippen LogP contribution in [0.15, 0.2) is 46.6 Å².